The Hall–Kier alpha value is -4.06. The zero-order valence-electron chi connectivity index (χ0n) is 18.3. The number of benzene rings is 3. The SMILES string of the molecule is Cc1c(NC(=O)C(C)Oc2ccc(-c3ccccc3)cc2)c(=O)n(-c2ccccc2)n1C. The van der Waals surface area contributed by atoms with Crippen LogP contribution in [0.25, 0.3) is 16.8 Å². The molecular weight excluding hydrogens is 402 g/mol. The zero-order chi connectivity index (χ0) is 22.7. The van der Waals surface area contributed by atoms with E-state index in [1.165, 1.54) is 4.68 Å². The van der Waals surface area contributed by atoms with Crippen LogP contribution in [0, 0.1) is 6.92 Å². The second-order valence-corrected chi connectivity index (χ2v) is 7.58. The molecule has 162 valence electrons. The molecule has 1 unspecified atom stereocenters. The normalized spacial score (nSPS) is 11.7. The minimum absolute atomic E-state index is 0.247. The minimum Gasteiger partial charge on any atom is -0.481 e. The molecule has 0 spiro atoms. The van der Waals surface area contributed by atoms with Gasteiger partial charge >= 0.3 is 0 Å². The fraction of sp³-hybridized carbons (Fsp3) is 0.154. The van der Waals surface area contributed by atoms with Gasteiger partial charge in [-0.3, -0.25) is 14.3 Å². The minimum atomic E-state index is -0.776. The smallest absolute Gasteiger partial charge is 0.295 e. The van der Waals surface area contributed by atoms with E-state index in [9.17, 15) is 9.59 Å². The fourth-order valence-electron chi connectivity index (χ4n) is 3.55. The summed E-state index contributed by atoms with van der Waals surface area (Å²) in [6, 6.07) is 26.9. The van der Waals surface area contributed by atoms with Gasteiger partial charge in [0, 0.05) is 7.05 Å². The first-order valence-electron chi connectivity index (χ1n) is 10.4. The summed E-state index contributed by atoms with van der Waals surface area (Å²) < 4.78 is 9.06. The van der Waals surface area contributed by atoms with Crippen molar-refractivity contribution in [1.29, 1.82) is 0 Å². The maximum absolute atomic E-state index is 13.0. The molecule has 6 nitrogen and oxygen atoms in total. The Kier molecular flexibility index (Phi) is 5.94. The number of amides is 1. The van der Waals surface area contributed by atoms with Crippen LogP contribution in [-0.4, -0.2) is 21.4 Å². The van der Waals surface area contributed by atoms with Crippen LogP contribution in [0.3, 0.4) is 0 Å². The van der Waals surface area contributed by atoms with E-state index >= 15 is 0 Å². The Morgan fingerprint density at radius 2 is 1.44 bits per heavy atom. The topological polar surface area (TPSA) is 65.3 Å². The van der Waals surface area contributed by atoms with Crippen molar-refractivity contribution in [2.45, 2.75) is 20.0 Å². The van der Waals surface area contributed by atoms with Gasteiger partial charge in [-0.05, 0) is 49.2 Å². The molecule has 0 aliphatic heterocycles. The lowest BCUT2D eigenvalue weighted by atomic mass is 10.1. The number of para-hydroxylation sites is 1. The summed E-state index contributed by atoms with van der Waals surface area (Å²) >= 11 is 0. The summed E-state index contributed by atoms with van der Waals surface area (Å²) in [6.45, 7) is 3.46. The van der Waals surface area contributed by atoms with E-state index in [-0.39, 0.29) is 17.2 Å². The maximum atomic E-state index is 13.0. The third kappa shape index (κ3) is 4.21. The molecule has 1 atom stereocenters. The van der Waals surface area contributed by atoms with Crippen LogP contribution in [0.2, 0.25) is 0 Å². The summed E-state index contributed by atoms with van der Waals surface area (Å²) in [5.41, 5.74) is 3.52. The van der Waals surface area contributed by atoms with Crippen molar-refractivity contribution in [2.24, 2.45) is 7.05 Å². The van der Waals surface area contributed by atoms with Crippen molar-refractivity contribution >= 4 is 11.6 Å². The number of carbonyl (C=O) groups excluding carboxylic acids is 1. The third-order valence-electron chi connectivity index (χ3n) is 5.45. The molecule has 1 aromatic heterocycles. The number of hydrogen-bond donors (Lipinski definition) is 1. The highest BCUT2D eigenvalue weighted by Crippen LogP contribution is 2.23. The first-order chi connectivity index (χ1) is 15.5. The standard InChI is InChI=1S/C26H25N3O3/c1-18-24(26(31)29(28(18)3)22-12-8-5-9-13-22)27-25(30)19(2)32-23-16-14-21(15-17-23)20-10-6-4-7-11-20/h4-17,19H,1-3H3,(H,27,30). The number of aromatic nitrogens is 2. The molecule has 1 N–H and O–H groups in total. The van der Waals surface area contributed by atoms with E-state index in [0.717, 1.165) is 16.8 Å². The molecule has 3 aromatic carbocycles. The van der Waals surface area contributed by atoms with Crippen LogP contribution < -0.4 is 15.6 Å². The van der Waals surface area contributed by atoms with Gasteiger partial charge < -0.3 is 10.1 Å². The maximum Gasteiger partial charge on any atom is 0.295 e. The number of nitrogens with one attached hydrogen (secondary N) is 1. The Morgan fingerprint density at radius 3 is 2.06 bits per heavy atom. The first-order valence-corrected chi connectivity index (χ1v) is 10.4. The quantitative estimate of drug-likeness (QED) is 0.491. The van der Waals surface area contributed by atoms with Crippen molar-refractivity contribution in [3.63, 3.8) is 0 Å². The molecule has 0 aliphatic carbocycles. The number of ether oxygens (including phenoxy) is 1. The predicted octanol–water partition coefficient (Wildman–Crippen LogP) is 4.56. The molecule has 0 saturated carbocycles. The van der Waals surface area contributed by atoms with E-state index < -0.39 is 6.10 Å². The lowest BCUT2D eigenvalue weighted by Gasteiger charge is -2.14. The molecule has 1 heterocycles. The molecule has 32 heavy (non-hydrogen) atoms. The average molecular weight is 428 g/mol. The van der Waals surface area contributed by atoms with Gasteiger partial charge in [-0.1, -0.05) is 60.7 Å². The van der Waals surface area contributed by atoms with Crippen molar-refractivity contribution in [3.05, 3.63) is 101 Å². The van der Waals surface area contributed by atoms with Gasteiger partial charge in [-0.2, -0.15) is 0 Å². The Morgan fingerprint density at radius 1 is 0.875 bits per heavy atom. The molecule has 6 heteroatoms. The third-order valence-corrected chi connectivity index (χ3v) is 5.45. The van der Waals surface area contributed by atoms with Gasteiger partial charge in [-0.15, -0.1) is 0 Å². The molecule has 4 rings (SSSR count). The van der Waals surface area contributed by atoms with E-state index in [2.05, 4.69) is 5.32 Å². The Labute approximate surface area is 186 Å². The van der Waals surface area contributed by atoms with E-state index in [1.54, 1.807) is 25.6 Å². The van der Waals surface area contributed by atoms with Gasteiger partial charge in [0.25, 0.3) is 11.5 Å². The molecule has 0 radical (unpaired) electrons. The van der Waals surface area contributed by atoms with Crippen molar-refractivity contribution < 1.29 is 9.53 Å². The number of carbonyl (C=O) groups is 1. The van der Waals surface area contributed by atoms with Crippen LogP contribution in [0.4, 0.5) is 5.69 Å². The van der Waals surface area contributed by atoms with Crippen LogP contribution in [0.1, 0.15) is 12.6 Å². The molecule has 0 saturated heterocycles. The lowest BCUT2D eigenvalue weighted by Crippen LogP contribution is -2.32. The highest BCUT2D eigenvalue weighted by Gasteiger charge is 2.22. The molecule has 0 bridgehead atoms. The van der Waals surface area contributed by atoms with Gasteiger partial charge in [0.1, 0.15) is 11.4 Å². The molecule has 4 aromatic rings. The number of hydrogen-bond acceptors (Lipinski definition) is 3. The van der Waals surface area contributed by atoms with Crippen molar-refractivity contribution in [1.82, 2.24) is 9.36 Å². The lowest BCUT2D eigenvalue weighted by molar-refractivity contribution is -0.122. The summed E-state index contributed by atoms with van der Waals surface area (Å²) in [5, 5.41) is 2.75. The molecule has 1 amide bonds. The van der Waals surface area contributed by atoms with E-state index in [0.29, 0.717) is 11.4 Å². The summed E-state index contributed by atoms with van der Waals surface area (Å²) in [6.07, 6.45) is -0.776. The van der Waals surface area contributed by atoms with Gasteiger partial charge in [0.05, 0.1) is 11.4 Å². The highest BCUT2D eigenvalue weighted by atomic mass is 16.5. The summed E-state index contributed by atoms with van der Waals surface area (Å²) in [5.74, 6) is 0.196. The molecular formula is C26H25N3O3. The summed E-state index contributed by atoms with van der Waals surface area (Å²) in [4.78, 5) is 25.8. The zero-order valence-corrected chi connectivity index (χ0v) is 18.3. The second kappa shape index (κ2) is 8.98. The largest absolute Gasteiger partial charge is 0.481 e. The number of rotatable bonds is 6. The number of nitrogens with zero attached hydrogens (tertiary/aromatic N) is 2. The van der Waals surface area contributed by atoms with E-state index in [1.807, 2.05) is 84.9 Å². The van der Waals surface area contributed by atoms with Crippen molar-refractivity contribution in [3.8, 4) is 22.6 Å². The number of anilines is 1. The van der Waals surface area contributed by atoms with E-state index in [4.69, 9.17) is 4.74 Å². The monoisotopic (exact) mass is 427 g/mol. The van der Waals surface area contributed by atoms with Crippen molar-refractivity contribution in [2.75, 3.05) is 5.32 Å². The highest BCUT2D eigenvalue weighted by molar-refractivity contribution is 5.94. The first kappa shape index (κ1) is 21.2. The average Bonchev–Trinajstić information content (AvgIpc) is 3.03. The van der Waals surface area contributed by atoms with Crippen LogP contribution >= 0.6 is 0 Å². The fourth-order valence-corrected chi connectivity index (χ4v) is 3.55. The molecule has 0 fully saturated rings. The van der Waals surface area contributed by atoms with Gasteiger partial charge in [-0.25, -0.2) is 4.68 Å². The van der Waals surface area contributed by atoms with Crippen LogP contribution in [-0.2, 0) is 11.8 Å². The van der Waals surface area contributed by atoms with Gasteiger partial charge in [0.2, 0.25) is 0 Å². The van der Waals surface area contributed by atoms with Crippen LogP contribution in [0.5, 0.6) is 5.75 Å². The Bertz CT molecular complexity index is 1270. The second-order valence-electron chi connectivity index (χ2n) is 7.58. The van der Waals surface area contributed by atoms with Gasteiger partial charge in [0.15, 0.2) is 6.10 Å². The molecule has 0 aliphatic rings. The summed E-state index contributed by atoms with van der Waals surface area (Å²) in [7, 11) is 1.79. The predicted molar refractivity (Wildman–Crippen MR) is 126 cm³/mol. The Balaban J connectivity index is 1.48. The van der Waals surface area contributed by atoms with Crippen LogP contribution in [0.15, 0.2) is 89.7 Å².